The summed E-state index contributed by atoms with van der Waals surface area (Å²) in [6.07, 6.45) is -3.74. The van der Waals surface area contributed by atoms with E-state index in [2.05, 4.69) is 0 Å². The molecule has 4 saturated carbocycles. The van der Waals surface area contributed by atoms with E-state index in [1.54, 1.807) is 20.8 Å². The maximum Gasteiger partial charge on any atom is 0.303 e. The molecule has 0 amide bonds. The van der Waals surface area contributed by atoms with Gasteiger partial charge in [-0.3, -0.25) is 9.59 Å². The Hall–Kier alpha value is -1.26. The molecule has 4 aliphatic carbocycles. The molecule has 0 unspecified atom stereocenters. The third-order valence-corrected chi connectivity index (χ3v) is 9.78. The number of hydrogen-bond donors (Lipinski definition) is 5. The zero-order chi connectivity index (χ0) is 24.9. The van der Waals surface area contributed by atoms with Gasteiger partial charge in [-0.15, -0.1) is 0 Å². The van der Waals surface area contributed by atoms with Crippen molar-refractivity contribution in [2.45, 2.75) is 108 Å². The number of aliphatic hydroxyl groups is 5. The fourth-order valence-electron chi connectivity index (χ4n) is 8.59. The predicted octanol–water partition coefficient (Wildman–Crippen LogP) is 0.281. The summed E-state index contributed by atoms with van der Waals surface area (Å²) in [4.78, 5) is 24.3. The average molecular weight is 471 g/mol. The van der Waals surface area contributed by atoms with Gasteiger partial charge in [0.05, 0.1) is 23.4 Å². The normalized spacial score (nSPS) is 54.7. The topological polar surface area (TPSA) is 154 Å². The SMILES string of the molecule is CC(=O)O[C@@H]1[C@H]2CC[C@H]3[C@@](C)(O)[C@@H]4[C@@H](O)[C@H](O)C(C)(C)[C@@]4(O)[C@@H](OC(C)=O)C[C@@]13C[C@@]2(C)O. The molecule has 9 heteroatoms. The second-order valence-electron chi connectivity index (χ2n) is 12.0. The molecule has 4 fully saturated rings. The van der Waals surface area contributed by atoms with E-state index in [4.69, 9.17) is 9.47 Å². The Bertz CT molecular complexity index is 851. The summed E-state index contributed by atoms with van der Waals surface area (Å²) >= 11 is 0. The van der Waals surface area contributed by atoms with Gasteiger partial charge in [0.25, 0.3) is 0 Å². The molecule has 188 valence electrons. The van der Waals surface area contributed by atoms with Crippen LogP contribution in [0.1, 0.15) is 67.2 Å². The van der Waals surface area contributed by atoms with Gasteiger partial charge in [0.2, 0.25) is 0 Å². The number of aliphatic hydroxyl groups excluding tert-OH is 2. The van der Waals surface area contributed by atoms with Crippen LogP contribution in [-0.2, 0) is 19.1 Å². The van der Waals surface area contributed by atoms with E-state index in [1.807, 2.05) is 0 Å². The molecule has 4 rings (SSSR count). The van der Waals surface area contributed by atoms with Crippen LogP contribution in [0.4, 0.5) is 0 Å². The van der Waals surface area contributed by atoms with Gasteiger partial charge in [0, 0.05) is 36.5 Å². The second kappa shape index (κ2) is 7.13. The summed E-state index contributed by atoms with van der Waals surface area (Å²) in [6, 6.07) is 0. The van der Waals surface area contributed by atoms with E-state index in [1.165, 1.54) is 20.8 Å². The van der Waals surface area contributed by atoms with Crippen molar-refractivity contribution in [3.8, 4) is 0 Å². The van der Waals surface area contributed by atoms with Crippen molar-refractivity contribution >= 4 is 11.9 Å². The fraction of sp³-hybridized carbons (Fsp3) is 0.917. The molecule has 0 aromatic carbocycles. The number of hydrogen-bond acceptors (Lipinski definition) is 9. The van der Waals surface area contributed by atoms with E-state index in [9.17, 15) is 35.1 Å². The van der Waals surface area contributed by atoms with Crippen LogP contribution in [0.15, 0.2) is 0 Å². The van der Waals surface area contributed by atoms with Crippen molar-refractivity contribution in [1.82, 2.24) is 0 Å². The van der Waals surface area contributed by atoms with Crippen LogP contribution < -0.4 is 0 Å². The quantitative estimate of drug-likeness (QED) is 0.358. The van der Waals surface area contributed by atoms with Crippen LogP contribution in [-0.4, -0.2) is 78.7 Å². The molecule has 0 radical (unpaired) electrons. The van der Waals surface area contributed by atoms with Crippen molar-refractivity contribution in [2.24, 2.45) is 28.6 Å². The third-order valence-electron chi connectivity index (χ3n) is 9.78. The zero-order valence-electron chi connectivity index (χ0n) is 20.2. The molecule has 11 atom stereocenters. The Morgan fingerprint density at radius 2 is 1.48 bits per heavy atom. The highest BCUT2D eigenvalue weighted by Gasteiger charge is 2.79. The summed E-state index contributed by atoms with van der Waals surface area (Å²) in [6.45, 7) is 8.88. The maximum absolute atomic E-state index is 12.2. The molecule has 1 spiro atoms. The first-order valence-electron chi connectivity index (χ1n) is 11.8. The van der Waals surface area contributed by atoms with E-state index >= 15 is 0 Å². The smallest absolute Gasteiger partial charge is 0.303 e. The Morgan fingerprint density at radius 1 is 0.909 bits per heavy atom. The van der Waals surface area contributed by atoms with Crippen molar-refractivity contribution in [1.29, 1.82) is 0 Å². The van der Waals surface area contributed by atoms with E-state index in [-0.39, 0.29) is 18.8 Å². The lowest BCUT2D eigenvalue weighted by atomic mass is 9.57. The Morgan fingerprint density at radius 3 is 2.03 bits per heavy atom. The molecule has 2 bridgehead atoms. The van der Waals surface area contributed by atoms with Gasteiger partial charge in [0.1, 0.15) is 17.8 Å². The van der Waals surface area contributed by atoms with E-state index in [0.717, 1.165) is 0 Å². The number of fused-ring (bicyclic) bond motifs is 2. The van der Waals surface area contributed by atoms with Gasteiger partial charge in [-0.25, -0.2) is 0 Å². The highest BCUT2D eigenvalue weighted by atomic mass is 16.6. The predicted molar refractivity (Wildman–Crippen MR) is 114 cm³/mol. The summed E-state index contributed by atoms with van der Waals surface area (Å²) < 4.78 is 11.5. The molecule has 0 heterocycles. The first-order valence-corrected chi connectivity index (χ1v) is 11.8. The summed E-state index contributed by atoms with van der Waals surface area (Å²) in [5.74, 6) is -3.42. The Kier molecular flexibility index (Phi) is 5.37. The second-order valence-corrected chi connectivity index (χ2v) is 12.0. The first kappa shape index (κ1) is 24.9. The van der Waals surface area contributed by atoms with Crippen LogP contribution in [0.5, 0.6) is 0 Å². The molecule has 33 heavy (non-hydrogen) atoms. The lowest BCUT2D eigenvalue weighted by Crippen LogP contribution is -2.62. The number of esters is 2. The maximum atomic E-state index is 12.2. The molecule has 0 aliphatic heterocycles. The van der Waals surface area contributed by atoms with Gasteiger partial charge in [-0.2, -0.15) is 0 Å². The largest absolute Gasteiger partial charge is 0.462 e. The van der Waals surface area contributed by atoms with Gasteiger partial charge >= 0.3 is 11.9 Å². The monoisotopic (exact) mass is 470 g/mol. The standard InChI is InChI=1S/C24H38O9/c1-11(25)32-15-9-23-10-21(5,29)13(19(23)33-12(2)26)7-8-14(23)22(6,30)17-16(27)18(28)20(3,4)24(15,17)31/h13-19,27-31H,7-10H2,1-6H3/t13-,14+,15+,16-,17+,18+,19-,21-,22-,23+,24-/m1/s1. The Labute approximate surface area is 194 Å². The zero-order valence-corrected chi connectivity index (χ0v) is 20.2. The van der Waals surface area contributed by atoms with Crippen LogP contribution in [0, 0.1) is 28.6 Å². The minimum Gasteiger partial charge on any atom is -0.462 e. The van der Waals surface area contributed by atoms with Gasteiger partial charge in [-0.1, -0.05) is 13.8 Å². The number of rotatable bonds is 2. The third kappa shape index (κ3) is 3.02. The van der Waals surface area contributed by atoms with Crippen molar-refractivity contribution in [3.63, 3.8) is 0 Å². The molecule has 9 nitrogen and oxygen atoms in total. The molecule has 0 saturated heterocycles. The van der Waals surface area contributed by atoms with Crippen molar-refractivity contribution < 1.29 is 44.6 Å². The minimum absolute atomic E-state index is 0.00780. The van der Waals surface area contributed by atoms with Crippen LogP contribution in [0.25, 0.3) is 0 Å². The minimum atomic E-state index is -1.99. The van der Waals surface area contributed by atoms with Gasteiger partial charge in [0.15, 0.2) is 0 Å². The molecular weight excluding hydrogens is 432 g/mol. The van der Waals surface area contributed by atoms with Crippen LogP contribution >= 0.6 is 0 Å². The summed E-state index contributed by atoms with van der Waals surface area (Å²) in [7, 11) is 0. The highest BCUT2D eigenvalue weighted by Crippen LogP contribution is 2.70. The molecule has 4 aliphatic rings. The van der Waals surface area contributed by atoms with Crippen LogP contribution in [0.3, 0.4) is 0 Å². The summed E-state index contributed by atoms with van der Waals surface area (Å²) in [5.41, 5.74) is -7.29. The number of carbonyl (C=O) groups is 2. The molecule has 5 N–H and O–H groups in total. The lowest BCUT2D eigenvalue weighted by molar-refractivity contribution is -0.218. The van der Waals surface area contributed by atoms with Gasteiger partial charge < -0.3 is 35.0 Å². The van der Waals surface area contributed by atoms with Crippen molar-refractivity contribution in [3.05, 3.63) is 0 Å². The fourth-order valence-corrected chi connectivity index (χ4v) is 8.59. The average Bonchev–Trinajstić information content (AvgIpc) is 2.83. The van der Waals surface area contributed by atoms with Crippen molar-refractivity contribution in [2.75, 3.05) is 0 Å². The lowest BCUT2D eigenvalue weighted by Gasteiger charge is -2.52. The van der Waals surface area contributed by atoms with Crippen LogP contribution in [0.2, 0.25) is 0 Å². The van der Waals surface area contributed by atoms with E-state index < -0.39 is 75.8 Å². The first-order chi connectivity index (χ1) is 14.9. The number of carbonyl (C=O) groups excluding carboxylic acids is 2. The number of ether oxygens (including phenoxy) is 2. The molecule has 0 aromatic heterocycles. The summed E-state index contributed by atoms with van der Waals surface area (Å²) in [5, 5.41) is 57.7. The molecular formula is C24H38O9. The molecule has 0 aromatic rings. The highest BCUT2D eigenvalue weighted by molar-refractivity contribution is 5.67. The Balaban J connectivity index is 1.98. The van der Waals surface area contributed by atoms with Gasteiger partial charge in [-0.05, 0) is 45.4 Å². The van der Waals surface area contributed by atoms with E-state index in [0.29, 0.717) is 12.8 Å².